The van der Waals surface area contributed by atoms with Crippen LogP contribution in [0, 0.1) is 0 Å². The molecule has 0 fully saturated rings. The Hall–Kier alpha value is -1.92. The molecule has 6 nitrogen and oxygen atoms in total. The first-order chi connectivity index (χ1) is 9.42. The second-order valence-electron chi connectivity index (χ2n) is 5.15. The van der Waals surface area contributed by atoms with Crippen molar-refractivity contribution in [1.29, 1.82) is 0 Å². The third-order valence-corrected chi connectivity index (χ3v) is 3.20. The van der Waals surface area contributed by atoms with E-state index < -0.39 is 11.6 Å². The number of phenolic OH excluding ortho intramolecular Hbond substituents is 1. The van der Waals surface area contributed by atoms with Crippen molar-refractivity contribution in [2.24, 2.45) is 5.73 Å². The monoisotopic (exact) mass is 277 g/mol. The molecule has 0 bridgehead atoms. The van der Waals surface area contributed by atoms with Gasteiger partial charge in [0.1, 0.15) is 11.4 Å². The van der Waals surface area contributed by atoms with Gasteiger partial charge in [0.15, 0.2) is 0 Å². The lowest BCUT2D eigenvalue weighted by molar-refractivity contribution is 0.00973. The summed E-state index contributed by atoms with van der Waals surface area (Å²) >= 11 is 0. The SMILES string of the molecule is COC(C)(C)c1noc([C@H](N)Cc2ccc(O)cc2)n1. The maximum Gasteiger partial charge on any atom is 0.244 e. The van der Waals surface area contributed by atoms with Crippen LogP contribution in [0.4, 0.5) is 0 Å². The van der Waals surface area contributed by atoms with Crippen LogP contribution in [0.3, 0.4) is 0 Å². The molecule has 0 unspecified atom stereocenters. The number of hydrogen-bond donors (Lipinski definition) is 2. The number of nitrogens with two attached hydrogens (primary N) is 1. The van der Waals surface area contributed by atoms with E-state index in [-0.39, 0.29) is 5.75 Å². The molecule has 0 saturated carbocycles. The Kier molecular flexibility index (Phi) is 4.06. The van der Waals surface area contributed by atoms with E-state index in [2.05, 4.69) is 10.1 Å². The molecule has 0 amide bonds. The molecule has 2 aromatic rings. The molecule has 1 heterocycles. The lowest BCUT2D eigenvalue weighted by atomic mass is 10.1. The van der Waals surface area contributed by atoms with E-state index in [1.54, 1.807) is 19.2 Å². The van der Waals surface area contributed by atoms with Gasteiger partial charge < -0.3 is 20.1 Å². The average molecular weight is 277 g/mol. The molecule has 0 aliphatic carbocycles. The molecule has 0 radical (unpaired) electrons. The fraction of sp³-hybridized carbons (Fsp3) is 0.429. The zero-order valence-electron chi connectivity index (χ0n) is 11.8. The third kappa shape index (κ3) is 3.15. The highest BCUT2D eigenvalue weighted by molar-refractivity contribution is 5.26. The molecule has 1 aromatic carbocycles. The summed E-state index contributed by atoms with van der Waals surface area (Å²) in [4.78, 5) is 4.29. The highest BCUT2D eigenvalue weighted by Gasteiger charge is 2.27. The maximum absolute atomic E-state index is 9.24. The molecule has 1 aromatic heterocycles. The fourth-order valence-electron chi connectivity index (χ4n) is 1.69. The molecule has 3 N–H and O–H groups in total. The molecule has 108 valence electrons. The molecule has 0 aliphatic rings. The summed E-state index contributed by atoms with van der Waals surface area (Å²) in [5, 5.41) is 13.1. The fourth-order valence-corrected chi connectivity index (χ4v) is 1.69. The average Bonchev–Trinajstić information content (AvgIpc) is 2.92. The first-order valence-electron chi connectivity index (χ1n) is 6.35. The van der Waals surface area contributed by atoms with Crippen LogP contribution in [0.1, 0.15) is 37.2 Å². The molecule has 2 rings (SSSR count). The summed E-state index contributed by atoms with van der Waals surface area (Å²) in [6.07, 6.45) is 0.551. The van der Waals surface area contributed by atoms with Crippen LogP contribution >= 0.6 is 0 Å². The Morgan fingerprint density at radius 3 is 2.60 bits per heavy atom. The van der Waals surface area contributed by atoms with Crippen LogP contribution in [0.25, 0.3) is 0 Å². The summed E-state index contributed by atoms with van der Waals surface area (Å²) in [7, 11) is 1.59. The molecule has 0 spiro atoms. The minimum atomic E-state index is -0.611. The van der Waals surface area contributed by atoms with Crippen molar-refractivity contribution >= 4 is 0 Å². The van der Waals surface area contributed by atoms with Crippen LogP contribution in [-0.4, -0.2) is 22.4 Å². The first-order valence-corrected chi connectivity index (χ1v) is 6.35. The van der Waals surface area contributed by atoms with Crippen molar-refractivity contribution in [3.8, 4) is 5.75 Å². The standard InChI is InChI=1S/C14H19N3O3/c1-14(2,19-3)13-16-12(20-17-13)11(15)8-9-4-6-10(18)7-5-9/h4-7,11,18H,8,15H2,1-3H3/t11-/m1/s1. The highest BCUT2D eigenvalue weighted by atomic mass is 16.5. The van der Waals surface area contributed by atoms with Gasteiger partial charge in [-0.25, -0.2) is 0 Å². The Morgan fingerprint density at radius 1 is 1.35 bits per heavy atom. The Labute approximate surface area is 117 Å². The number of aromatic nitrogens is 2. The Morgan fingerprint density at radius 2 is 2.00 bits per heavy atom. The topological polar surface area (TPSA) is 94.4 Å². The van der Waals surface area contributed by atoms with Gasteiger partial charge in [-0.1, -0.05) is 17.3 Å². The van der Waals surface area contributed by atoms with E-state index in [0.717, 1.165) is 5.56 Å². The first kappa shape index (κ1) is 14.5. The van der Waals surface area contributed by atoms with Crippen LogP contribution in [0.2, 0.25) is 0 Å². The molecule has 0 saturated heterocycles. The van der Waals surface area contributed by atoms with Gasteiger partial charge in [0.25, 0.3) is 0 Å². The number of methoxy groups -OCH3 is 1. The van der Waals surface area contributed by atoms with Gasteiger partial charge in [0.2, 0.25) is 11.7 Å². The maximum atomic E-state index is 9.24. The van der Waals surface area contributed by atoms with E-state index in [4.69, 9.17) is 15.0 Å². The predicted octanol–water partition coefficient (Wildman–Crippen LogP) is 1.90. The molecule has 0 aliphatic heterocycles. The van der Waals surface area contributed by atoms with Crippen molar-refractivity contribution in [3.05, 3.63) is 41.5 Å². The van der Waals surface area contributed by atoms with E-state index in [1.165, 1.54) is 0 Å². The second kappa shape index (κ2) is 5.60. The smallest absolute Gasteiger partial charge is 0.244 e. The van der Waals surface area contributed by atoms with Gasteiger partial charge in [-0.3, -0.25) is 0 Å². The minimum absolute atomic E-state index is 0.226. The third-order valence-electron chi connectivity index (χ3n) is 3.20. The van der Waals surface area contributed by atoms with Gasteiger partial charge in [0.05, 0.1) is 6.04 Å². The number of nitrogens with zero attached hydrogens (tertiary/aromatic N) is 2. The number of rotatable bonds is 5. The molecule has 6 heteroatoms. The Balaban J connectivity index is 2.10. The van der Waals surface area contributed by atoms with E-state index >= 15 is 0 Å². The summed E-state index contributed by atoms with van der Waals surface area (Å²) in [6, 6.07) is 6.47. The lowest BCUT2D eigenvalue weighted by Gasteiger charge is -2.17. The van der Waals surface area contributed by atoms with Crippen LogP contribution < -0.4 is 5.73 Å². The van der Waals surface area contributed by atoms with Crippen molar-refractivity contribution in [2.75, 3.05) is 7.11 Å². The molecule has 1 atom stereocenters. The van der Waals surface area contributed by atoms with Gasteiger partial charge >= 0.3 is 0 Å². The molecular formula is C14H19N3O3. The minimum Gasteiger partial charge on any atom is -0.508 e. The van der Waals surface area contributed by atoms with Crippen molar-refractivity contribution in [3.63, 3.8) is 0 Å². The van der Waals surface area contributed by atoms with Crippen LogP contribution in [-0.2, 0) is 16.8 Å². The largest absolute Gasteiger partial charge is 0.508 e. The second-order valence-corrected chi connectivity index (χ2v) is 5.15. The number of hydrogen-bond acceptors (Lipinski definition) is 6. The van der Waals surface area contributed by atoms with Crippen LogP contribution in [0.5, 0.6) is 5.75 Å². The molecular weight excluding hydrogens is 258 g/mol. The predicted molar refractivity (Wildman–Crippen MR) is 73.1 cm³/mol. The van der Waals surface area contributed by atoms with Crippen molar-refractivity contribution < 1.29 is 14.4 Å². The summed E-state index contributed by atoms with van der Waals surface area (Å²) in [5.74, 6) is 1.07. The zero-order valence-corrected chi connectivity index (χ0v) is 11.8. The van der Waals surface area contributed by atoms with Crippen molar-refractivity contribution in [1.82, 2.24) is 10.1 Å². The highest BCUT2D eigenvalue weighted by Crippen LogP contribution is 2.23. The quantitative estimate of drug-likeness (QED) is 0.866. The van der Waals surface area contributed by atoms with Crippen molar-refractivity contribution in [2.45, 2.75) is 31.9 Å². The summed E-state index contributed by atoms with van der Waals surface area (Å²) in [6.45, 7) is 3.71. The normalized spacial score (nSPS) is 13.4. The number of aromatic hydroxyl groups is 1. The number of benzene rings is 1. The number of phenols is 1. The van der Waals surface area contributed by atoms with Gasteiger partial charge in [-0.2, -0.15) is 4.98 Å². The zero-order chi connectivity index (χ0) is 14.8. The molecule has 20 heavy (non-hydrogen) atoms. The Bertz CT molecular complexity index is 563. The van der Waals surface area contributed by atoms with Gasteiger partial charge in [0, 0.05) is 7.11 Å². The summed E-state index contributed by atoms with van der Waals surface area (Å²) in [5.41, 5.74) is 6.44. The van der Waals surface area contributed by atoms with Crippen LogP contribution in [0.15, 0.2) is 28.8 Å². The van der Waals surface area contributed by atoms with Gasteiger partial charge in [-0.15, -0.1) is 0 Å². The van der Waals surface area contributed by atoms with Gasteiger partial charge in [-0.05, 0) is 38.0 Å². The summed E-state index contributed by atoms with van der Waals surface area (Å²) < 4.78 is 10.5. The van der Waals surface area contributed by atoms with E-state index in [9.17, 15) is 5.11 Å². The van der Waals surface area contributed by atoms with E-state index in [0.29, 0.717) is 18.1 Å². The lowest BCUT2D eigenvalue weighted by Crippen LogP contribution is -2.21. The van der Waals surface area contributed by atoms with E-state index in [1.807, 2.05) is 26.0 Å². The number of ether oxygens (including phenoxy) is 1.